The average molecular weight is 242 g/mol. The molecule has 0 spiro atoms. The minimum Gasteiger partial charge on any atom is -0.442 e. The highest BCUT2D eigenvalue weighted by Crippen LogP contribution is 2.23. The van der Waals surface area contributed by atoms with E-state index >= 15 is 0 Å². The average Bonchev–Trinajstić information content (AvgIpc) is 2.74. The van der Waals surface area contributed by atoms with Crippen LogP contribution < -0.4 is 0 Å². The van der Waals surface area contributed by atoms with Crippen molar-refractivity contribution in [3.8, 4) is 0 Å². The Bertz CT molecular complexity index is 494. The van der Waals surface area contributed by atoms with Gasteiger partial charge in [-0.25, -0.2) is 4.98 Å². The SMILES string of the molecule is O=C(c1ccc(Cl)c(Cl)c1)c1ncco1. The van der Waals surface area contributed by atoms with Crippen molar-refractivity contribution in [3.05, 3.63) is 52.2 Å². The smallest absolute Gasteiger partial charge is 0.268 e. The molecule has 2 rings (SSSR count). The van der Waals surface area contributed by atoms with Gasteiger partial charge in [-0.2, -0.15) is 0 Å². The second kappa shape index (κ2) is 4.04. The molecule has 1 heterocycles. The van der Waals surface area contributed by atoms with E-state index in [0.717, 1.165) is 0 Å². The van der Waals surface area contributed by atoms with Gasteiger partial charge in [-0.05, 0) is 18.2 Å². The summed E-state index contributed by atoms with van der Waals surface area (Å²) in [6.07, 6.45) is 2.75. The van der Waals surface area contributed by atoms with Crippen molar-refractivity contribution in [2.24, 2.45) is 0 Å². The summed E-state index contributed by atoms with van der Waals surface area (Å²) in [7, 11) is 0. The van der Waals surface area contributed by atoms with Crippen LogP contribution >= 0.6 is 23.2 Å². The van der Waals surface area contributed by atoms with Gasteiger partial charge in [0.1, 0.15) is 6.26 Å². The highest BCUT2D eigenvalue weighted by atomic mass is 35.5. The lowest BCUT2D eigenvalue weighted by Crippen LogP contribution is -2.01. The molecule has 1 aromatic carbocycles. The zero-order chi connectivity index (χ0) is 10.8. The van der Waals surface area contributed by atoms with Crippen LogP contribution in [0.3, 0.4) is 0 Å². The van der Waals surface area contributed by atoms with Gasteiger partial charge in [0.15, 0.2) is 0 Å². The van der Waals surface area contributed by atoms with Crippen LogP contribution in [0, 0.1) is 0 Å². The van der Waals surface area contributed by atoms with Crippen LogP contribution in [0.25, 0.3) is 0 Å². The Labute approximate surface area is 95.6 Å². The number of nitrogens with zero attached hydrogens (tertiary/aromatic N) is 1. The van der Waals surface area contributed by atoms with Crippen LogP contribution in [0.15, 0.2) is 35.1 Å². The minimum atomic E-state index is -0.321. The molecule has 0 saturated heterocycles. The molecule has 3 nitrogen and oxygen atoms in total. The largest absolute Gasteiger partial charge is 0.442 e. The summed E-state index contributed by atoms with van der Waals surface area (Å²) >= 11 is 11.5. The molecular formula is C10H5Cl2NO2. The summed E-state index contributed by atoms with van der Waals surface area (Å²) < 4.78 is 4.88. The van der Waals surface area contributed by atoms with E-state index in [1.54, 1.807) is 12.1 Å². The van der Waals surface area contributed by atoms with E-state index < -0.39 is 0 Å². The predicted molar refractivity (Wildman–Crippen MR) is 56.4 cm³/mol. The molecular weight excluding hydrogens is 237 g/mol. The second-order valence-corrected chi connectivity index (χ2v) is 3.61. The van der Waals surface area contributed by atoms with Crippen LogP contribution in [0.5, 0.6) is 0 Å². The Morgan fingerprint density at radius 2 is 2.07 bits per heavy atom. The monoisotopic (exact) mass is 241 g/mol. The Balaban J connectivity index is 2.39. The Morgan fingerprint density at radius 3 is 2.67 bits per heavy atom. The van der Waals surface area contributed by atoms with E-state index in [2.05, 4.69) is 4.98 Å². The van der Waals surface area contributed by atoms with Crippen LogP contribution in [0.1, 0.15) is 16.2 Å². The second-order valence-electron chi connectivity index (χ2n) is 2.80. The third-order valence-electron chi connectivity index (χ3n) is 1.81. The molecule has 0 saturated carbocycles. The topological polar surface area (TPSA) is 43.1 Å². The van der Waals surface area contributed by atoms with E-state index in [1.807, 2.05) is 0 Å². The molecule has 0 atom stereocenters. The number of hydrogen-bond acceptors (Lipinski definition) is 3. The number of halogens is 2. The molecule has 2 aromatic rings. The number of ketones is 1. The highest BCUT2D eigenvalue weighted by molar-refractivity contribution is 6.42. The molecule has 0 bridgehead atoms. The molecule has 0 radical (unpaired) electrons. The van der Waals surface area contributed by atoms with Gasteiger partial charge in [-0.1, -0.05) is 23.2 Å². The zero-order valence-corrected chi connectivity index (χ0v) is 8.92. The number of carbonyl (C=O) groups excluding carboxylic acids is 1. The van der Waals surface area contributed by atoms with E-state index in [-0.39, 0.29) is 11.7 Å². The van der Waals surface area contributed by atoms with Crippen molar-refractivity contribution in [1.82, 2.24) is 4.98 Å². The zero-order valence-electron chi connectivity index (χ0n) is 7.41. The normalized spacial score (nSPS) is 10.3. The lowest BCUT2D eigenvalue weighted by Gasteiger charge is -1.99. The third kappa shape index (κ3) is 2.03. The highest BCUT2D eigenvalue weighted by Gasteiger charge is 2.14. The fourth-order valence-electron chi connectivity index (χ4n) is 1.10. The summed E-state index contributed by atoms with van der Waals surface area (Å²) in [6.45, 7) is 0. The van der Waals surface area contributed by atoms with Crippen molar-refractivity contribution in [3.63, 3.8) is 0 Å². The molecule has 0 aliphatic carbocycles. The van der Waals surface area contributed by atoms with Gasteiger partial charge in [-0.3, -0.25) is 4.79 Å². The lowest BCUT2D eigenvalue weighted by molar-refractivity contribution is 0.100. The predicted octanol–water partition coefficient (Wildman–Crippen LogP) is 3.21. The van der Waals surface area contributed by atoms with Crippen LogP contribution in [-0.4, -0.2) is 10.8 Å². The van der Waals surface area contributed by atoms with Crippen LogP contribution in [-0.2, 0) is 0 Å². The molecule has 5 heteroatoms. The molecule has 1 aromatic heterocycles. The third-order valence-corrected chi connectivity index (χ3v) is 2.55. The van der Waals surface area contributed by atoms with Gasteiger partial charge >= 0.3 is 0 Å². The first-order valence-corrected chi connectivity index (χ1v) is 4.83. The standard InChI is InChI=1S/C10H5Cl2NO2/c11-7-2-1-6(5-8(7)12)9(14)10-13-3-4-15-10/h1-5H. The molecule has 0 N–H and O–H groups in total. The van der Waals surface area contributed by atoms with Crippen LogP contribution in [0.2, 0.25) is 10.0 Å². The maximum Gasteiger partial charge on any atom is 0.268 e. The number of hydrogen-bond donors (Lipinski definition) is 0. The Morgan fingerprint density at radius 1 is 1.27 bits per heavy atom. The van der Waals surface area contributed by atoms with Crippen molar-refractivity contribution in [2.45, 2.75) is 0 Å². The number of rotatable bonds is 2. The van der Waals surface area contributed by atoms with Crippen molar-refractivity contribution < 1.29 is 9.21 Å². The number of carbonyl (C=O) groups is 1. The van der Waals surface area contributed by atoms with Gasteiger partial charge in [0, 0.05) is 5.56 Å². The molecule has 76 valence electrons. The summed E-state index contributed by atoms with van der Waals surface area (Å²) in [5, 5.41) is 0.731. The molecule has 0 fully saturated rings. The molecule has 0 aliphatic heterocycles. The van der Waals surface area contributed by atoms with Gasteiger partial charge in [-0.15, -0.1) is 0 Å². The summed E-state index contributed by atoms with van der Waals surface area (Å²) in [4.78, 5) is 15.5. The maximum atomic E-state index is 11.7. The van der Waals surface area contributed by atoms with Crippen molar-refractivity contribution >= 4 is 29.0 Å². The summed E-state index contributed by atoms with van der Waals surface area (Å²) in [5.41, 5.74) is 0.395. The van der Waals surface area contributed by atoms with E-state index in [4.69, 9.17) is 27.6 Å². The number of oxazole rings is 1. The van der Waals surface area contributed by atoms with Gasteiger partial charge in [0.25, 0.3) is 5.89 Å². The van der Waals surface area contributed by atoms with Gasteiger partial charge < -0.3 is 4.42 Å². The van der Waals surface area contributed by atoms with Crippen LogP contribution in [0.4, 0.5) is 0 Å². The fourth-order valence-corrected chi connectivity index (χ4v) is 1.39. The fraction of sp³-hybridized carbons (Fsp3) is 0. The Kier molecular flexibility index (Phi) is 2.75. The minimum absolute atomic E-state index is 0.0355. The molecule has 15 heavy (non-hydrogen) atoms. The Hall–Kier alpha value is -1.32. The summed E-state index contributed by atoms with van der Waals surface area (Å²) in [5.74, 6) is -0.285. The lowest BCUT2D eigenvalue weighted by atomic mass is 10.1. The first-order valence-electron chi connectivity index (χ1n) is 4.08. The maximum absolute atomic E-state index is 11.7. The van der Waals surface area contributed by atoms with E-state index in [9.17, 15) is 4.79 Å². The van der Waals surface area contributed by atoms with Crippen molar-refractivity contribution in [1.29, 1.82) is 0 Å². The van der Waals surface area contributed by atoms with Crippen molar-refractivity contribution in [2.75, 3.05) is 0 Å². The van der Waals surface area contributed by atoms with E-state index in [1.165, 1.54) is 18.5 Å². The number of benzene rings is 1. The molecule has 0 unspecified atom stereocenters. The number of aromatic nitrogens is 1. The first-order chi connectivity index (χ1) is 7.18. The van der Waals surface area contributed by atoms with Gasteiger partial charge in [0.05, 0.1) is 16.2 Å². The van der Waals surface area contributed by atoms with E-state index in [0.29, 0.717) is 15.6 Å². The van der Waals surface area contributed by atoms with Gasteiger partial charge in [0.2, 0.25) is 5.78 Å². The molecule has 0 amide bonds. The molecule has 0 aliphatic rings. The summed E-state index contributed by atoms with van der Waals surface area (Å²) in [6, 6.07) is 4.61. The quantitative estimate of drug-likeness (QED) is 0.759. The first kappa shape index (κ1) is 10.2.